The molecule has 0 saturated heterocycles. The standard InChI is InChI=1S/C15H25NO3S/c1-5-6-7-8-9-19-15-11(2)10-14(20(16,17)18)12(3)13(15)4/h10H,5-9H2,1-4H3,(H2,16,17,18). The topological polar surface area (TPSA) is 69.4 Å². The van der Waals surface area contributed by atoms with Gasteiger partial charge in [-0.05, 0) is 49.9 Å². The number of benzene rings is 1. The fraction of sp³-hybridized carbons (Fsp3) is 0.600. The molecule has 0 bridgehead atoms. The second-order valence-corrected chi connectivity index (χ2v) is 6.75. The Morgan fingerprint density at radius 3 is 2.30 bits per heavy atom. The monoisotopic (exact) mass is 299 g/mol. The molecule has 0 heterocycles. The van der Waals surface area contributed by atoms with Crippen molar-refractivity contribution >= 4 is 10.0 Å². The van der Waals surface area contributed by atoms with Gasteiger partial charge in [0, 0.05) is 0 Å². The van der Waals surface area contributed by atoms with Gasteiger partial charge in [0.1, 0.15) is 5.75 Å². The molecule has 1 rings (SSSR count). The smallest absolute Gasteiger partial charge is 0.238 e. The molecule has 0 atom stereocenters. The number of hydrogen-bond acceptors (Lipinski definition) is 3. The first kappa shape index (κ1) is 17.0. The molecule has 20 heavy (non-hydrogen) atoms. The van der Waals surface area contributed by atoms with Gasteiger partial charge < -0.3 is 4.74 Å². The largest absolute Gasteiger partial charge is 0.493 e. The van der Waals surface area contributed by atoms with E-state index in [1.54, 1.807) is 13.0 Å². The minimum Gasteiger partial charge on any atom is -0.493 e. The summed E-state index contributed by atoms with van der Waals surface area (Å²) in [6.07, 6.45) is 4.58. The van der Waals surface area contributed by atoms with E-state index in [1.807, 2.05) is 13.8 Å². The summed E-state index contributed by atoms with van der Waals surface area (Å²) in [5.41, 5.74) is 2.33. The molecule has 0 aliphatic rings. The molecule has 0 amide bonds. The lowest BCUT2D eigenvalue weighted by atomic mass is 10.1. The van der Waals surface area contributed by atoms with Crippen molar-refractivity contribution in [2.75, 3.05) is 6.61 Å². The third-order valence-corrected chi connectivity index (χ3v) is 4.57. The summed E-state index contributed by atoms with van der Waals surface area (Å²) in [5, 5.41) is 5.23. The molecule has 2 N–H and O–H groups in total. The maximum Gasteiger partial charge on any atom is 0.238 e. The Morgan fingerprint density at radius 1 is 1.10 bits per heavy atom. The second-order valence-electron chi connectivity index (χ2n) is 5.22. The number of hydrogen-bond donors (Lipinski definition) is 1. The third-order valence-electron chi connectivity index (χ3n) is 3.53. The van der Waals surface area contributed by atoms with Crippen LogP contribution in [-0.2, 0) is 10.0 Å². The second kappa shape index (κ2) is 7.09. The number of sulfonamides is 1. The number of unbranched alkanes of at least 4 members (excludes halogenated alkanes) is 3. The molecule has 0 saturated carbocycles. The van der Waals surface area contributed by atoms with Crippen molar-refractivity contribution in [2.24, 2.45) is 5.14 Å². The normalized spacial score (nSPS) is 11.7. The van der Waals surface area contributed by atoms with Crippen LogP contribution in [0.15, 0.2) is 11.0 Å². The van der Waals surface area contributed by atoms with E-state index in [1.165, 1.54) is 12.8 Å². The number of nitrogens with two attached hydrogens (primary N) is 1. The van der Waals surface area contributed by atoms with E-state index in [4.69, 9.17) is 9.88 Å². The zero-order chi connectivity index (χ0) is 15.3. The van der Waals surface area contributed by atoms with Gasteiger partial charge in [-0.1, -0.05) is 26.2 Å². The molecule has 0 radical (unpaired) electrons. The number of ether oxygens (including phenoxy) is 1. The molecular weight excluding hydrogens is 274 g/mol. The van der Waals surface area contributed by atoms with Gasteiger partial charge >= 0.3 is 0 Å². The lowest BCUT2D eigenvalue weighted by Crippen LogP contribution is -2.15. The highest BCUT2D eigenvalue weighted by molar-refractivity contribution is 7.89. The quantitative estimate of drug-likeness (QED) is 0.786. The van der Waals surface area contributed by atoms with Crippen LogP contribution in [0, 0.1) is 20.8 Å². The summed E-state index contributed by atoms with van der Waals surface area (Å²) < 4.78 is 28.9. The first-order valence-electron chi connectivity index (χ1n) is 7.05. The van der Waals surface area contributed by atoms with Crippen molar-refractivity contribution in [3.05, 3.63) is 22.8 Å². The molecule has 0 aliphatic carbocycles. The third kappa shape index (κ3) is 4.21. The van der Waals surface area contributed by atoms with E-state index in [0.717, 1.165) is 29.7 Å². The predicted molar refractivity (Wildman–Crippen MR) is 81.7 cm³/mol. The van der Waals surface area contributed by atoms with Gasteiger partial charge in [0.15, 0.2) is 0 Å². The van der Waals surface area contributed by atoms with Gasteiger partial charge in [-0.3, -0.25) is 0 Å². The van der Waals surface area contributed by atoms with Crippen molar-refractivity contribution in [3.63, 3.8) is 0 Å². The van der Waals surface area contributed by atoms with Crippen LogP contribution >= 0.6 is 0 Å². The highest BCUT2D eigenvalue weighted by Crippen LogP contribution is 2.30. The predicted octanol–water partition coefficient (Wildman–Crippen LogP) is 3.22. The Labute approximate surface area is 122 Å². The number of rotatable bonds is 7. The van der Waals surface area contributed by atoms with E-state index >= 15 is 0 Å². The van der Waals surface area contributed by atoms with Crippen LogP contribution in [0.4, 0.5) is 0 Å². The SMILES string of the molecule is CCCCCCOc1c(C)cc(S(N)(=O)=O)c(C)c1C. The van der Waals surface area contributed by atoms with Gasteiger partial charge in [0.25, 0.3) is 0 Å². The molecule has 5 heteroatoms. The van der Waals surface area contributed by atoms with E-state index in [0.29, 0.717) is 12.2 Å². The van der Waals surface area contributed by atoms with Gasteiger partial charge in [-0.25, -0.2) is 13.6 Å². The van der Waals surface area contributed by atoms with Crippen LogP contribution < -0.4 is 9.88 Å². The summed E-state index contributed by atoms with van der Waals surface area (Å²) in [4.78, 5) is 0.186. The Kier molecular flexibility index (Phi) is 6.02. The Bertz CT molecular complexity index is 565. The lowest BCUT2D eigenvalue weighted by molar-refractivity contribution is 0.300. The first-order chi connectivity index (χ1) is 9.29. The maximum absolute atomic E-state index is 11.5. The van der Waals surface area contributed by atoms with E-state index in [2.05, 4.69) is 6.92 Å². The van der Waals surface area contributed by atoms with Crippen molar-refractivity contribution in [3.8, 4) is 5.75 Å². The average molecular weight is 299 g/mol. The van der Waals surface area contributed by atoms with Crippen LogP contribution in [0.3, 0.4) is 0 Å². The maximum atomic E-state index is 11.5. The van der Waals surface area contributed by atoms with Gasteiger partial charge in [-0.2, -0.15) is 0 Å². The van der Waals surface area contributed by atoms with Crippen molar-refractivity contribution in [1.82, 2.24) is 0 Å². The van der Waals surface area contributed by atoms with E-state index in [-0.39, 0.29) is 4.90 Å². The number of primary sulfonamides is 1. The molecule has 0 unspecified atom stereocenters. The first-order valence-corrected chi connectivity index (χ1v) is 8.60. The summed E-state index contributed by atoms with van der Waals surface area (Å²) in [6.45, 7) is 8.32. The van der Waals surface area contributed by atoms with Crippen LogP contribution in [0.2, 0.25) is 0 Å². The molecule has 1 aromatic rings. The van der Waals surface area contributed by atoms with Crippen molar-refractivity contribution in [2.45, 2.75) is 58.3 Å². The zero-order valence-corrected chi connectivity index (χ0v) is 13.6. The van der Waals surface area contributed by atoms with Crippen LogP contribution in [0.1, 0.15) is 49.3 Å². The van der Waals surface area contributed by atoms with Crippen molar-refractivity contribution < 1.29 is 13.2 Å². The molecule has 0 aromatic heterocycles. The minimum atomic E-state index is -3.68. The Hall–Kier alpha value is -1.07. The van der Waals surface area contributed by atoms with E-state index in [9.17, 15) is 8.42 Å². The zero-order valence-electron chi connectivity index (χ0n) is 12.8. The molecule has 0 aliphatic heterocycles. The highest BCUT2D eigenvalue weighted by atomic mass is 32.2. The summed E-state index contributed by atoms with van der Waals surface area (Å²) >= 11 is 0. The molecular formula is C15H25NO3S. The number of aryl methyl sites for hydroxylation is 1. The Morgan fingerprint density at radius 2 is 1.75 bits per heavy atom. The lowest BCUT2D eigenvalue weighted by Gasteiger charge is -2.16. The molecule has 1 aromatic carbocycles. The van der Waals surface area contributed by atoms with Gasteiger partial charge in [0.2, 0.25) is 10.0 Å². The molecule has 0 spiro atoms. The van der Waals surface area contributed by atoms with E-state index < -0.39 is 10.0 Å². The average Bonchev–Trinajstić information content (AvgIpc) is 2.35. The van der Waals surface area contributed by atoms with Gasteiger partial charge in [0.05, 0.1) is 11.5 Å². The fourth-order valence-electron chi connectivity index (χ4n) is 2.24. The highest BCUT2D eigenvalue weighted by Gasteiger charge is 2.18. The van der Waals surface area contributed by atoms with Crippen LogP contribution in [0.25, 0.3) is 0 Å². The van der Waals surface area contributed by atoms with Crippen LogP contribution in [-0.4, -0.2) is 15.0 Å². The van der Waals surface area contributed by atoms with Crippen molar-refractivity contribution in [1.29, 1.82) is 0 Å². The van der Waals surface area contributed by atoms with Gasteiger partial charge in [-0.15, -0.1) is 0 Å². The Balaban J connectivity index is 2.92. The minimum absolute atomic E-state index is 0.186. The van der Waals surface area contributed by atoms with Crippen LogP contribution in [0.5, 0.6) is 5.75 Å². The summed E-state index contributed by atoms with van der Waals surface area (Å²) in [7, 11) is -3.68. The molecule has 4 nitrogen and oxygen atoms in total. The molecule has 114 valence electrons. The fourth-order valence-corrected chi connectivity index (χ4v) is 3.16. The molecule has 0 fully saturated rings. The summed E-state index contributed by atoms with van der Waals surface area (Å²) in [5.74, 6) is 0.784. The summed E-state index contributed by atoms with van der Waals surface area (Å²) in [6, 6.07) is 1.60.